The number of benzene rings is 2. The number of halogens is 1. The van der Waals surface area contributed by atoms with Crippen molar-refractivity contribution in [3.63, 3.8) is 0 Å². The van der Waals surface area contributed by atoms with Gasteiger partial charge in [0.05, 0.1) is 5.69 Å². The van der Waals surface area contributed by atoms with E-state index >= 15 is 0 Å². The van der Waals surface area contributed by atoms with E-state index in [1.807, 2.05) is 61.5 Å². The summed E-state index contributed by atoms with van der Waals surface area (Å²) in [5, 5.41) is 1.44. The molecule has 24 heavy (non-hydrogen) atoms. The number of rotatable bonds is 5. The number of nitrogens with zero attached hydrogens (tertiary/aromatic N) is 2. The van der Waals surface area contributed by atoms with Gasteiger partial charge in [0.2, 0.25) is 0 Å². The van der Waals surface area contributed by atoms with Crippen molar-refractivity contribution in [1.82, 2.24) is 9.55 Å². The van der Waals surface area contributed by atoms with Gasteiger partial charge in [-0.2, -0.15) is 0 Å². The van der Waals surface area contributed by atoms with E-state index < -0.39 is 0 Å². The molecule has 0 aliphatic rings. The quantitative estimate of drug-likeness (QED) is 0.483. The molecule has 5 heteroatoms. The van der Waals surface area contributed by atoms with Crippen molar-refractivity contribution < 1.29 is 0 Å². The molecule has 1 aromatic heterocycles. The van der Waals surface area contributed by atoms with Gasteiger partial charge in [-0.15, -0.1) is 0 Å². The van der Waals surface area contributed by atoms with Crippen LogP contribution in [0.2, 0.25) is 5.02 Å². The fourth-order valence-corrected chi connectivity index (χ4v) is 3.76. The summed E-state index contributed by atoms with van der Waals surface area (Å²) in [7, 11) is 0. The molecule has 0 aliphatic carbocycles. The van der Waals surface area contributed by atoms with Crippen LogP contribution in [0.15, 0.2) is 70.6 Å². The first-order valence-corrected chi connectivity index (χ1v) is 9.09. The summed E-state index contributed by atoms with van der Waals surface area (Å²) in [4.78, 5) is 17.1. The van der Waals surface area contributed by atoms with Crippen LogP contribution < -0.4 is 5.56 Å². The molecule has 0 bridgehead atoms. The van der Waals surface area contributed by atoms with Crippen LogP contribution in [0, 0.1) is 0 Å². The van der Waals surface area contributed by atoms with Gasteiger partial charge < -0.3 is 0 Å². The average Bonchev–Trinajstić information content (AvgIpc) is 2.61. The molecule has 0 spiro atoms. The molecule has 2 aromatic carbocycles. The van der Waals surface area contributed by atoms with E-state index in [1.165, 1.54) is 11.8 Å². The molecule has 0 aliphatic heterocycles. The smallest absolute Gasteiger partial charge is 0.254 e. The second kappa shape index (κ2) is 7.69. The minimum absolute atomic E-state index is 0.0342. The van der Waals surface area contributed by atoms with Gasteiger partial charge in [-0.25, -0.2) is 4.98 Å². The number of thioether (sulfide) groups is 1. The van der Waals surface area contributed by atoms with Crippen molar-refractivity contribution in [3.8, 4) is 11.3 Å². The molecule has 0 radical (unpaired) electrons. The Hall–Kier alpha value is -2.04. The summed E-state index contributed by atoms with van der Waals surface area (Å²) in [5.41, 5.74) is 2.64. The maximum atomic E-state index is 12.4. The zero-order valence-corrected chi connectivity index (χ0v) is 14.8. The fourth-order valence-electron chi connectivity index (χ4n) is 2.40. The fraction of sp³-hybridized carbons (Fsp3) is 0.158. The minimum atomic E-state index is -0.0342. The Bertz CT molecular complexity index is 893. The maximum Gasteiger partial charge on any atom is 0.254 e. The van der Waals surface area contributed by atoms with Crippen LogP contribution in [0.5, 0.6) is 0 Å². The molecule has 0 unspecified atom stereocenters. The van der Waals surface area contributed by atoms with Crippen molar-refractivity contribution in [2.24, 2.45) is 0 Å². The van der Waals surface area contributed by atoms with Gasteiger partial charge in [-0.05, 0) is 18.6 Å². The molecule has 0 amide bonds. The minimum Gasteiger partial charge on any atom is -0.288 e. The van der Waals surface area contributed by atoms with Crippen molar-refractivity contribution in [1.29, 1.82) is 0 Å². The number of aromatic nitrogens is 2. The van der Waals surface area contributed by atoms with E-state index in [4.69, 9.17) is 16.6 Å². The van der Waals surface area contributed by atoms with Gasteiger partial charge in [0.15, 0.2) is 5.16 Å². The molecule has 122 valence electrons. The maximum absolute atomic E-state index is 12.4. The lowest BCUT2D eigenvalue weighted by Gasteiger charge is -2.12. The zero-order valence-electron chi connectivity index (χ0n) is 13.3. The summed E-state index contributed by atoms with van der Waals surface area (Å²) in [5.74, 6) is 0.671. The first-order chi connectivity index (χ1) is 11.7. The molecule has 0 saturated heterocycles. The molecular formula is C19H17ClN2OS. The predicted molar refractivity (Wildman–Crippen MR) is 101 cm³/mol. The van der Waals surface area contributed by atoms with Gasteiger partial charge >= 0.3 is 0 Å². The van der Waals surface area contributed by atoms with Crippen molar-refractivity contribution in [2.45, 2.75) is 24.4 Å². The summed E-state index contributed by atoms with van der Waals surface area (Å²) in [6, 6.07) is 19.1. The van der Waals surface area contributed by atoms with Crippen molar-refractivity contribution >= 4 is 23.4 Å². The van der Waals surface area contributed by atoms with Crippen LogP contribution in [0.25, 0.3) is 11.3 Å². The van der Waals surface area contributed by atoms with Gasteiger partial charge in [0.25, 0.3) is 5.56 Å². The third-order valence-electron chi connectivity index (χ3n) is 3.67. The Morgan fingerprint density at radius 2 is 1.79 bits per heavy atom. The van der Waals surface area contributed by atoms with E-state index in [9.17, 15) is 4.79 Å². The van der Waals surface area contributed by atoms with Crippen molar-refractivity contribution in [2.75, 3.05) is 0 Å². The SMILES string of the molecule is CCn1c(SCc2ccccc2Cl)nc(-c2ccccc2)cc1=O. The Balaban J connectivity index is 1.95. The largest absolute Gasteiger partial charge is 0.288 e. The molecule has 0 saturated carbocycles. The Morgan fingerprint density at radius 1 is 1.08 bits per heavy atom. The van der Waals surface area contributed by atoms with Crippen LogP contribution in [0.3, 0.4) is 0 Å². The third-order valence-corrected chi connectivity index (χ3v) is 5.07. The summed E-state index contributed by atoms with van der Waals surface area (Å²) in [6.07, 6.45) is 0. The molecule has 3 aromatic rings. The van der Waals surface area contributed by atoms with E-state index in [-0.39, 0.29) is 5.56 Å². The topological polar surface area (TPSA) is 34.9 Å². The van der Waals surface area contributed by atoms with Crippen molar-refractivity contribution in [3.05, 3.63) is 81.6 Å². The standard InChI is InChI=1S/C19H17ClN2OS/c1-2-22-18(23)12-17(14-8-4-3-5-9-14)21-19(22)24-13-15-10-6-7-11-16(15)20/h3-12H,2,13H2,1H3. The van der Waals surface area contributed by atoms with Gasteiger partial charge in [-0.3, -0.25) is 9.36 Å². The van der Waals surface area contributed by atoms with Crippen LogP contribution in [0.4, 0.5) is 0 Å². The highest BCUT2D eigenvalue weighted by molar-refractivity contribution is 7.98. The Kier molecular flexibility index (Phi) is 5.38. The summed E-state index contributed by atoms with van der Waals surface area (Å²) in [6.45, 7) is 2.54. The Labute approximate surface area is 150 Å². The second-order valence-corrected chi connectivity index (χ2v) is 6.60. The van der Waals surface area contributed by atoms with Crippen LogP contribution in [-0.4, -0.2) is 9.55 Å². The lowest BCUT2D eigenvalue weighted by molar-refractivity contribution is 0.624. The third kappa shape index (κ3) is 3.71. The van der Waals surface area contributed by atoms with Crippen LogP contribution >= 0.6 is 23.4 Å². The van der Waals surface area contributed by atoms with Gasteiger partial charge in [-0.1, -0.05) is 71.9 Å². The predicted octanol–water partition coefficient (Wildman–Crippen LogP) is 4.88. The monoisotopic (exact) mass is 356 g/mol. The van der Waals surface area contributed by atoms with E-state index in [0.717, 1.165) is 16.1 Å². The number of hydrogen-bond acceptors (Lipinski definition) is 3. The van der Waals surface area contributed by atoms with Gasteiger partial charge in [0.1, 0.15) is 0 Å². The van der Waals surface area contributed by atoms with E-state index in [2.05, 4.69) is 0 Å². The summed E-state index contributed by atoms with van der Waals surface area (Å²) >= 11 is 7.75. The van der Waals surface area contributed by atoms with Gasteiger partial charge in [0, 0.05) is 29.0 Å². The van der Waals surface area contributed by atoms with Crippen LogP contribution in [0.1, 0.15) is 12.5 Å². The molecule has 3 nitrogen and oxygen atoms in total. The highest BCUT2D eigenvalue weighted by atomic mass is 35.5. The normalized spacial score (nSPS) is 10.8. The second-order valence-electron chi connectivity index (χ2n) is 5.25. The van der Waals surface area contributed by atoms with Crippen LogP contribution in [-0.2, 0) is 12.3 Å². The lowest BCUT2D eigenvalue weighted by Crippen LogP contribution is -2.21. The molecule has 3 rings (SSSR count). The highest BCUT2D eigenvalue weighted by Crippen LogP contribution is 2.26. The molecular weight excluding hydrogens is 340 g/mol. The first kappa shape index (κ1) is 16.8. The summed E-state index contributed by atoms with van der Waals surface area (Å²) < 4.78 is 1.69. The molecule has 0 fully saturated rings. The molecule has 1 heterocycles. The zero-order chi connectivity index (χ0) is 16.9. The average molecular weight is 357 g/mol. The van der Waals surface area contributed by atoms with E-state index in [0.29, 0.717) is 23.1 Å². The highest BCUT2D eigenvalue weighted by Gasteiger charge is 2.10. The number of hydrogen-bond donors (Lipinski definition) is 0. The molecule has 0 atom stereocenters. The lowest BCUT2D eigenvalue weighted by atomic mass is 10.1. The first-order valence-electron chi connectivity index (χ1n) is 7.72. The Morgan fingerprint density at radius 3 is 2.50 bits per heavy atom. The molecule has 0 N–H and O–H groups in total. The van der Waals surface area contributed by atoms with E-state index in [1.54, 1.807) is 10.6 Å².